The van der Waals surface area contributed by atoms with E-state index in [1.807, 2.05) is 26.0 Å². The van der Waals surface area contributed by atoms with E-state index in [4.69, 9.17) is 0 Å². The quantitative estimate of drug-likeness (QED) is 0.523. The Morgan fingerprint density at radius 2 is 1.83 bits per heavy atom. The van der Waals surface area contributed by atoms with Gasteiger partial charge in [0.05, 0.1) is 16.9 Å². The summed E-state index contributed by atoms with van der Waals surface area (Å²) in [5.74, 6) is -3.28. The highest BCUT2D eigenvalue weighted by molar-refractivity contribution is 8.00. The lowest BCUT2D eigenvalue weighted by Gasteiger charge is -2.43. The Morgan fingerprint density at radius 3 is 2.49 bits per heavy atom. The van der Waals surface area contributed by atoms with Crippen molar-refractivity contribution < 1.29 is 24.6 Å². The number of amides is 2. The number of carboxylic acid groups (broad SMARTS) is 1. The van der Waals surface area contributed by atoms with Crippen LogP contribution >= 0.6 is 23.1 Å². The number of phenols is 1. The number of para-hydroxylation sites is 1. The van der Waals surface area contributed by atoms with E-state index in [0.717, 1.165) is 31.7 Å². The van der Waals surface area contributed by atoms with Gasteiger partial charge < -0.3 is 15.2 Å². The van der Waals surface area contributed by atoms with E-state index in [9.17, 15) is 29.4 Å². The van der Waals surface area contributed by atoms with Crippen molar-refractivity contribution in [2.75, 3.05) is 0 Å². The van der Waals surface area contributed by atoms with Gasteiger partial charge in [0.2, 0.25) is 11.8 Å². The molecule has 3 fully saturated rings. The van der Waals surface area contributed by atoms with Crippen LogP contribution < -0.4 is 4.87 Å². The van der Waals surface area contributed by atoms with Gasteiger partial charge in [-0.3, -0.25) is 19.3 Å². The summed E-state index contributed by atoms with van der Waals surface area (Å²) in [6.07, 6.45) is 0.941. The molecule has 1 saturated heterocycles. The molecule has 1 aromatic carbocycles. The van der Waals surface area contributed by atoms with E-state index in [1.165, 1.54) is 0 Å². The largest absolute Gasteiger partial charge is 0.508 e. The first-order chi connectivity index (χ1) is 16.7. The maximum Gasteiger partial charge on any atom is 0.326 e. The second-order valence-electron chi connectivity index (χ2n) is 10.5. The van der Waals surface area contributed by atoms with Crippen LogP contribution in [0.25, 0.3) is 0 Å². The van der Waals surface area contributed by atoms with Crippen LogP contribution in [0.1, 0.15) is 43.0 Å². The van der Waals surface area contributed by atoms with Gasteiger partial charge in [-0.25, -0.2) is 4.79 Å². The molecule has 6 rings (SSSR count). The molecule has 0 spiro atoms. The van der Waals surface area contributed by atoms with Gasteiger partial charge >= 0.3 is 10.8 Å². The van der Waals surface area contributed by atoms with Gasteiger partial charge in [0.15, 0.2) is 0 Å². The normalized spacial score (nSPS) is 33.7. The Labute approximate surface area is 209 Å². The zero-order valence-corrected chi connectivity index (χ0v) is 20.8. The van der Waals surface area contributed by atoms with Gasteiger partial charge in [-0.1, -0.05) is 43.4 Å². The highest BCUT2D eigenvalue weighted by Crippen LogP contribution is 2.69. The van der Waals surface area contributed by atoms with Gasteiger partial charge in [-0.05, 0) is 42.6 Å². The minimum atomic E-state index is -1.15. The SMILES string of the molecule is CC(C)C[C@H](C(=O)O)N1C(=O)[C@@H]2[C@H]3C[C@@H]([C@@H]2C1=O)[C@@H]1[C@H](c2ccccc2O)c2sc(=O)[nH]c2S[C@H]31. The van der Waals surface area contributed by atoms with Gasteiger partial charge in [0.25, 0.3) is 0 Å². The first-order valence-corrected chi connectivity index (χ1v) is 13.7. The molecule has 2 amide bonds. The maximum absolute atomic E-state index is 13.7. The van der Waals surface area contributed by atoms with Crippen LogP contribution in [0, 0.1) is 35.5 Å². The highest BCUT2D eigenvalue weighted by atomic mass is 32.2. The van der Waals surface area contributed by atoms with Crippen molar-refractivity contribution in [3.8, 4) is 5.75 Å². The number of hydrogen-bond acceptors (Lipinski definition) is 7. The fourth-order valence-corrected chi connectivity index (χ4v) is 10.1. The number of hydrogen-bond donors (Lipinski definition) is 3. The molecule has 3 heterocycles. The van der Waals surface area contributed by atoms with Crippen LogP contribution in [0.5, 0.6) is 5.75 Å². The van der Waals surface area contributed by atoms with E-state index in [-0.39, 0.29) is 63.7 Å². The predicted molar refractivity (Wildman–Crippen MR) is 129 cm³/mol. The number of likely N-dealkylation sites (tertiary alicyclic amines) is 1. The molecule has 3 N–H and O–H groups in total. The summed E-state index contributed by atoms with van der Waals surface area (Å²) in [6, 6.07) is 5.95. The number of fused-ring (bicyclic) bond motifs is 9. The molecule has 10 heteroatoms. The lowest BCUT2D eigenvalue weighted by atomic mass is 9.68. The average Bonchev–Trinajstić information content (AvgIpc) is 3.52. The summed E-state index contributed by atoms with van der Waals surface area (Å²) in [4.78, 5) is 56.3. The summed E-state index contributed by atoms with van der Waals surface area (Å²) in [6.45, 7) is 3.76. The first kappa shape index (κ1) is 22.8. The van der Waals surface area contributed by atoms with Gasteiger partial charge in [0, 0.05) is 21.6 Å². The molecule has 184 valence electrons. The van der Waals surface area contributed by atoms with Crippen LogP contribution in [0.4, 0.5) is 0 Å². The van der Waals surface area contributed by atoms with Gasteiger partial charge in [0.1, 0.15) is 11.8 Å². The van der Waals surface area contributed by atoms with Crippen LogP contribution in [-0.2, 0) is 14.4 Å². The maximum atomic E-state index is 13.7. The molecule has 4 aliphatic rings. The minimum absolute atomic E-state index is 0.00585. The number of thioether (sulfide) groups is 1. The molecule has 2 saturated carbocycles. The third kappa shape index (κ3) is 3.18. The third-order valence-corrected chi connectivity index (χ3v) is 10.9. The molecule has 8 nitrogen and oxygen atoms in total. The molecule has 2 aromatic rings. The Bertz CT molecular complexity index is 1300. The zero-order chi connectivity index (χ0) is 24.8. The summed E-state index contributed by atoms with van der Waals surface area (Å²) in [5, 5.41) is 21.4. The number of aromatic nitrogens is 1. The number of H-pyrrole nitrogens is 1. The van der Waals surface area contributed by atoms with Crippen LogP contribution in [0.3, 0.4) is 0 Å². The number of carbonyl (C=O) groups excluding carboxylic acids is 2. The lowest BCUT2D eigenvalue weighted by Crippen LogP contribution is -2.47. The number of aromatic amines is 1. The number of benzene rings is 1. The number of rotatable bonds is 5. The molecular weight excluding hydrogens is 488 g/mol. The summed E-state index contributed by atoms with van der Waals surface area (Å²) >= 11 is 2.71. The van der Waals surface area contributed by atoms with Crippen molar-refractivity contribution in [3.05, 3.63) is 44.4 Å². The van der Waals surface area contributed by atoms with Crippen LogP contribution in [0.15, 0.2) is 34.1 Å². The van der Waals surface area contributed by atoms with Gasteiger partial charge in [-0.15, -0.1) is 11.8 Å². The Morgan fingerprint density at radius 1 is 1.14 bits per heavy atom. The Kier molecular flexibility index (Phi) is 5.20. The summed E-state index contributed by atoms with van der Waals surface area (Å²) in [5.41, 5.74) is 0.722. The number of carboxylic acids is 1. The molecule has 2 aliphatic heterocycles. The Hall–Kier alpha value is -2.59. The third-order valence-electron chi connectivity index (χ3n) is 8.32. The topological polar surface area (TPSA) is 128 Å². The molecule has 35 heavy (non-hydrogen) atoms. The fraction of sp³-hybridized carbons (Fsp3) is 0.520. The Balaban J connectivity index is 1.43. The lowest BCUT2D eigenvalue weighted by molar-refractivity contribution is -0.156. The number of nitrogens with zero attached hydrogens (tertiary/aromatic N) is 1. The molecule has 8 atom stereocenters. The van der Waals surface area contributed by atoms with Crippen LogP contribution in [0.2, 0.25) is 0 Å². The molecule has 1 aromatic heterocycles. The monoisotopic (exact) mass is 514 g/mol. The number of aromatic hydroxyl groups is 1. The van der Waals surface area contributed by atoms with Gasteiger partial charge in [-0.2, -0.15) is 0 Å². The molecule has 0 unspecified atom stereocenters. The van der Waals surface area contributed by atoms with Crippen molar-refractivity contribution in [1.29, 1.82) is 0 Å². The summed E-state index contributed by atoms with van der Waals surface area (Å²) in [7, 11) is 0. The minimum Gasteiger partial charge on any atom is -0.508 e. The van der Waals surface area contributed by atoms with Crippen molar-refractivity contribution in [1.82, 2.24) is 9.88 Å². The van der Waals surface area contributed by atoms with Crippen molar-refractivity contribution in [2.45, 2.75) is 48.9 Å². The standard InChI is InChI=1S/C25H26N2O6S2/c1-9(2)7-13(24(31)32)27-22(29)17-11-8-12(18(17)23(27)30)19-16(11)15(10-5-3-4-6-14(10)28)20-21(34-19)26-25(33)35-20/h3-6,9,11-13,15-19,28H,7-8H2,1-2H3,(H,26,33)(H,31,32)/t11-,12-,13-,15+,16-,17+,18-,19-/m1/s1. The highest BCUT2D eigenvalue weighted by Gasteiger charge is 2.70. The molecular formula is C25H26N2O6S2. The van der Waals surface area contributed by atoms with Crippen LogP contribution in [-0.4, -0.2) is 49.2 Å². The second kappa shape index (κ2) is 7.96. The number of carbonyl (C=O) groups is 3. The van der Waals surface area contributed by atoms with Crippen molar-refractivity contribution in [2.24, 2.45) is 35.5 Å². The van der Waals surface area contributed by atoms with Crippen molar-refractivity contribution >= 4 is 40.9 Å². The average molecular weight is 515 g/mol. The zero-order valence-electron chi connectivity index (χ0n) is 19.2. The van der Waals surface area contributed by atoms with E-state index in [1.54, 1.807) is 23.9 Å². The smallest absolute Gasteiger partial charge is 0.326 e. The number of aliphatic carboxylic acids is 1. The molecule has 2 aliphatic carbocycles. The summed E-state index contributed by atoms with van der Waals surface area (Å²) < 4.78 is 0. The van der Waals surface area contributed by atoms with E-state index < -0.39 is 23.8 Å². The van der Waals surface area contributed by atoms with E-state index in [2.05, 4.69) is 4.98 Å². The number of nitrogens with one attached hydrogen (secondary N) is 1. The molecule has 2 bridgehead atoms. The number of imide groups is 1. The van der Waals surface area contributed by atoms with E-state index in [0.29, 0.717) is 6.42 Å². The fourth-order valence-electron chi connectivity index (χ4n) is 7.21. The second-order valence-corrected chi connectivity index (χ2v) is 12.8. The number of thiazole rings is 1. The van der Waals surface area contributed by atoms with E-state index >= 15 is 0 Å². The van der Waals surface area contributed by atoms with Crippen molar-refractivity contribution in [3.63, 3.8) is 0 Å². The first-order valence-electron chi connectivity index (χ1n) is 12.0. The molecule has 0 radical (unpaired) electrons. The number of phenolic OH excluding ortho intramolecular Hbond substituents is 1. The predicted octanol–water partition coefficient (Wildman–Crippen LogP) is 3.11.